The summed E-state index contributed by atoms with van der Waals surface area (Å²) in [4.78, 5) is 16.3. The lowest BCUT2D eigenvalue weighted by Crippen LogP contribution is -2.49. The van der Waals surface area contributed by atoms with Crippen LogP contribution in [0.1, 0.15) is 36.5 Å². The fraction of sp³-hybridized carbons (Fsp3) is 0.571. The first-order valence-electron chi connectivity index (χ1n) is 10.8. The Morgan fingerprint density at radius 1 is 1.16 bits per heavy atom. The van der Waals surface area contributed by atoms with E-state index in [-0.39, 0.29) is 11.9 Å². The minimum atomic E-state index is -3.54. The largest absolute Gasteiger partial charge is 0.284 e. The number of rotatable bonds is 6. The van der Waals surface area contributed by atoms with Crippen molar-refractivity contribution in [3.05, 3.63) is 32.8 Å². The minimum absolute atomic E-state index is 0.0103. The first-order chi connectivity index (χ1) is 15.1. The molecule has 1 aliphatic heterocycles. The van der Waals surface area contributed by atoms with Crippen molar-refractivity contribution in [2.45, 2.75) is 58.1 Å². The average molecular weight is 496 g/mol. The highest BCUT2D eigenvalue weighted by atomic mass is 32.2. The molecule has 174 valence electrons. The van der Waals surface area contributed by atoms with Crippen LogP contribution in [0.15, 0.2) is 17.0 Å². The van der Waals surface area contributed by atoms with Gasteiger partial charge >= 0.3 is 0 Å². The highest BCUT2D eigenvalue weighted by molar-refractivity contribution is 7.89. The quantitative estimate of drug-likeness (QED) is 0.573. The van der Waals surface area contributed by atoms with Crippen LogP contribution in [0.25, 0.3) is 0 Å². The fourth-order valence-electron chi connectivity index (χ4n) is 4.37. The molecule has 2 heterocycles. The lowest BCUT2D eigenvalue weighted by atomic mass is 10.1. The van der Waals surface area contributed by atoms with Crippen molar-refractivity contribution < 1.29 is 13.2 Å². The molecular formula is C21H29N5O3S3. The number of aryl methyl sites for hydroxylation is 3. The van der Waals surface area contributed by atoms with Gasteiger partial charge in [-0.15, -0.1) is 5.10 Å². The van der Waals surface area contributed by atoms with Gasteiger partial charge in [-0.3, -0.25) is 14.6 Å². The van der Waals surface area contributed by atoms with Gasteiger partial charge in [0.2, 0.25) is 21.1 Å². The maximum absolute atomic E-state index is 13.3. The third-order valence-electron chi connectivity index (χ3n) is 5.92. The van der Waals surface area contributed by atoms with E-state index in [4.69, 9.17) is 12.2 Å². The van der Waals surface area contributed by atoms with E-state index in [1.807, 2.05) is 32.9 Å². The van der Waals surface area contributed by atoms with E-state index < -0.39 is 10.0 Å². The Labute approximate surface area is 198 Å². The lowest BCUT2D eigenvalue weighted by molar-refractivity contribution is -0.116. The Balaban J connectivity index is 1.44. The van der Waals surface area contributed by atoms with Crippen molar-refractivity contribution in [1.82, 2.24) is 19.0 Å². The van der Waals surface area contributed by atoms with Crippen molar-refractivity contribution in [3.63, 3.8) is 0 Å². The van der Waals surface area contributed by atoms with Crippen LogP contribution in [0.2, 0.25) is 0 Å². The highest BCUT2D eigenvalue weighted by Gasteiger charge is 2.35. The van der Waals surface area contributed by atoms with Crippen molar-refractivity contribution in [3.8, 4) is 0 Å². The monoisotopic (exact) mass is 495 g/mol. The van der Waals surface area contributed by atoms with Gasteiger partial charge in [-0.05, 0) is 57.0 Å². The normalized spacial score (nSPS) is 18.1. The molecule has 0 atom stereocenters. The van der Waals surface area contributed by atoms with E-state index >= 15 is 0 Å². The van der Waals surface area contributed by atoms with Crippen molar-refractivity contribution >= 4 is 44.6 Å². The Kier molecular flexibility index (Phi) is 6.56. The average Bonchev–Trinajstić information content (AvgIpc) is 3.45. The second kappa shape index (κ2) is 8.94. The summed E-state index contributed by atoms with van der Waals surface area (Å²) in [5.41, 5.74) is 2.64. The molecule has 1 amide bonds. The number of hydrogen-bond donors (Lipinski definition) is 0. The van der Waals surface area contributed by atoms with E-state index in [1.54, 1.807) is 20.8 Å². The zero-order valence-electron chi connectivity index (χ0n) is 18.9. The molecule has 0 unspecified atom stereocenters. The Morgan fingerprint density at radius 2 is 1.75 bits per heavy atom. The van der Waals surface area contributed by atoms with Gasteiger partial charge in [-0.2, -0.15) is 4.31 Å². The Hall–Kier alpha value is -1.66. The van der Waals surface area contributed by atoms with Crippen molar-refractivity contribution in [2.75, 3.05) is 31.1 Å². The molecule has 11 heteroatoms. The van der Waals surface area contributed by atoms with E-state index in [2.05, 4.69) is 10.00 Å². The topological polar surface area (TPSA) is 78.8 Å². The first kappa shape index (κ1) is 23.5. The number of anilines is 1. The third-order valence-corrected chi connectivity index (χ3v) is 9.43. The van der Waals surface area contributed by atoms with Gasteiger partial charge in [-0.25, -0.2) is 13.1 Å². The van der Waals surface area contributed by atoms with Gasteiger partial charge in [0.05, 0.1) is 11.6 Å². The molecule has 8 nitrogen and oxygen atoms in total. The third kappa shape index (κ3) is 4.67. The maximum atomic E-state index is 13.3. The van der Waals surface area contributed by atoms with Gasteiger partial charge in [0, 0.05) is 39.1 Å². The van der Waals surface area contributed by atoms with Gasteiger partial charge in [0.25, 0.3) is 0 Å². The Bertz CT molecular complexity index is 1170. The van der Waals surface area contributed by atoms with Gasteiger partial charge in [0.1, 0.15) is 0 Å². The molecule has 0 radical (unpaired) electrons. The van der Waals surface area contributed by atoms with Crippen molar-refractivity contribution in [2.24, 2.45) is 0 Å². The van der Waals surface area contributed by atoms with Gasteiger partial charge < -0.3 is 0 Å². The minimum Gasteiger partial charge on any atom is -0.284 e. The van der Waals surface area contributed by atoms with Gasteiger partial charge in [-0.1, -0.05) is 29.0 Å². The number of sulfonamides is 1. The van der Waals surface area contributed by atoms with Crippen LogP contribution >= 0.6 is 23.6 Å². The molecule has 1 saturated heterocycles. The summed E-state index contributed by atoms with van der Waals surface area (Å²) < 4.78 is 30.6. The second-order valence-corrected chi connectivity index (χ2v) is 12.1. The molecule has 0 N–H and O–H groups in total. The first-order valence-corrected chi connectivity index (χ1v) is 13.4. The number of amides is 1. The van der Waals surface area contributed by atoms with Crippen LogP contribution in [0.5, 0.6) is 0 Å². The summed E-state index contributed by atoms with van der Waals surface area (Å²) in [7, 11) is -3.54. The van der Waals surface area contributed by atoms with Crippen LogP contribution in [-0.2, 0) is 21.5 Å². The molecule has 1 aliphatic carbocycles. The predicted octanol–water partition coefficient (Wildman–Crippen LogP) is 3.08. The maximum Gasteiger partial charge on any atom is 0.243 e. The van der Waals surface area contributed by atoms with Crippen LogP contribution < -0.4 is 4.90 Å². The SMILES string of the molecule is CC(=O)N(c1nn(CN2CCN(S(=O)(=O)c3c(C)cc(C)cc3C)CC2)c(=S)s1)C1CC1. The summed E-state index contributed by atoms with van der Waals surface area (Å²) in [6, 6.07) is 4.08. The van der Waals surface area contributed by atoms with Crippen LogP contribution in [0.3, 0.4) is 0 Å². The molecular weight excluding hydrogens is 466 g/mol. The Morgan fingerprint density at radius 3 is 2.28 bits per heavy atom. The number of aromatic nitrogens is 2. The zero-order chi connectivity index (χ0) is 23.2. The fourth-order valence-corrected chi connectivity index (χ4v) is 7.40. The van der Waals surface area contributed by atoms with E-state index in [1.165, 1.54) is 11.3 Å². The number of hydrogen-bond acceptors (Lipinski definition) is 7. The summed E-state index contributed by atoms with van der Waals surface area (Å²) in [5.74, 6) is -0.0103. The summed E-state index contributed by atoms with van der Waals surface area (Å²) in [6.07, 6.45) is 2.00. The van der Waals surface area contributed by atoms with Crippen LogP contribution in [0.4, 0.5) is 5.13 Å². The number of carbonyl (C=O) groups is 1. The summed E-state index contributed by atoms with van der Waals surface area (Å²) >= 11 is 6.84. The highest BCUT2D eigenvalue weighted by Crippen LogP contribution is 2.33. The van der Waals surface area contributed by atoms with Crippen LogP contribution in [-0.4, -0.2) is 65.5 Å². The molecule has 0 bridgehead atoms. The van der Waals surface area contributed by atoms with E-state index in [0.717, 1.165) is 29.5 Å². The smallest absolute Gasteiger partial charge is 0.243 e. The second-order valence-electron chi connectivity index (χ2n) is 8.66. The zero-order valence-corrected chi connectivity index (χ0v) is 21.3. The summed E-state index contributed by atoms with van der Waals surface area (Å²) in [5, 5.41) is 5.25. The molecule has 2 aromatic rings. The number of benzene rings is 1. The number of nitrogens with zero attached hydrogens (tertiary/aromatic N) is 5. The standard InChI is InChI=1S/C21H29N5O3S3/c1-14-11-15(2)19(16(3)12-14)32(28,29)24-9-7-23(8-10-24)13-25-21(30)31-20(22-25)26(17(4)27)18-5-6-18/h11-12,18H,5-10,13H2,1-4H3. The summed E-state index contributed by atoms with van der Waals surface area (Å²) in [6.45, 7) is 9.76. The molecule has 2 fully saturated rings. The molecule has 2 aliphatic rings. The van der Waals surface area contributed by atoms with E-state index in [9.17, 15) is 13.2 Å². The molecule has 4 rings (SSSR count). The van der Waals surface area contributed by atoms with Gasteiger partial charge in [0.15, 0.2) is 3.95 Å². The van der Waals surface area contributed by atoms with Crippen LogP contribution in [0, 0.1) is 24.7 Å². The lowest BCUT2D eigenvalue weighted by Gasteiger charge is -2.34. The molecule has 0 spiro atoms. The molecule has 1 aromatic heterocycles. The van der Waals surface area contributed by atoms with Crippen molar-refractivity contribution in [1.29, 1.82) is 0 Å². The molecule has 32 heavy (non-hydrogen) atoms. The predicted molar refractivity (Wildman–Crippen MR) is 128 cm³/mol. The van der Waals surface area contributed by atoms with E-state index in [0.29, 0.717) is 46.8 Å². The number of piperazine rings is 1. The number of carbonyl (C=O) groups excluding carboxylic acids is 1. The molecule has 1 aromatic carbocycles. The molecule has 1 saturated carbocycles.